The van der Waals surface area contributed by atoms with Crippen molar-refractivity contribution in [2.75, 3.05) is 0 Å². The van der Waals surface area contributed by atoms with Crippen LogP contribution in [0.5, 0.6) is 0 Å². The minimum absolute atomic E-state index is 0.129. The summed E-state index contributed by atoms with van der Waals surface area (Å²) in [6, 6.07) is 18.0. The molecule has 0 aliphatic carbocycles. The number of aliphatic hydroxyl groups is 1. The highest BCUT2D eigenvalue weighted by Gasteiger charge is 2.41. The molecule has 0 fully saturated rings. The molecule has 4 rings (SSSR count). The second-order valence-electron chi connectivity index (χ2n) is 7.00. The normalized spacial score (nSPS) is 15.1. The highest BCUT2D eigenvalue weighted by molar-refractivity contribution is 6.21. The fraction of sp³-hybridized carbons (Fsp3) is 0.0870. The SMILES string of the molecule is NC(=O)C(O)(c1ccccc1)c1ccc(CN2C(=O)c3ccccc3C2=O)cc1F. The smallest absolute Gasteiger partial charge is 0.261 e. The van der Waals surface area contributed by atoms with Crippen molar-refractivity contribution in [3.63, 3.8) is 0 Å². The van der Waals surface area contributed by atoms with Crippen molar-refractivity contribution >= 4 is 17.7 Å². The first kappa shape index (κ1) is 19.5. The summed E-state index contributed by atoms with van der Waals surface area (Å²) in [6.07, 6.45) is 0. The third kappa shape index (κ3) is 2.96. The van der Waals surface area contributed by atoms with E-state index in [1.807, 2.05) is 0 Å². The van der Waals surface area contributed by atoms with E-state index in [4.69, 9.17) is 5.73 Å². The third-order valence-electron chi connectivity index (χ3n) is 5.19. The van der Waals surface area contributed by atoms with Crippen LogP contribution in [0, 0.1) is 5.82 Å². The Labute approximate surface area is 171 Å². The van der Waals surface area contributed by atoms with Crippen molar-refractivity contribution in [1.29, 1.82) is 0 Å². The summed E-state index contributed by atoms with van der Waals surface area (Å²) in [5, 5.41) is 11.0. The van der Waals surface area contributed by atoms with Gasteiger partial charge in [-0.3, -0.25) is 19.3 Å². The molecule has 1 unspecified atom stereocenters. The molecule has 0 spiro atoms. The quantitative estimate of drug-likeness (QED) is 0.638. The van der Waals surface area contributed by atoms with E-state index in [1.165, 1.54) is 24.3 Å². The Balaban J connectivity index is 1.67. The Bertz CT molecular complexity index is 1140. The molecule has 6 nitrogen and oxygen atoms in total. The lowest BCUT2D eigenvalue weighted by atomic mass is 9.85. The summed E-state index contributed by atoms with van der Waals surface area (Å²) in [5.41, 5.74) is 3.78. The van der Waals surface area contributed by atoms with Crippen LogP contribution in [0.25, 0.3) is 0 Å². The molecule has 3 N–H and O–H groups in total. The maximum absolute atomic E-state index is 15.0. The number of nitrogens with zero attached hydrogens (tertiary/aromatic N) is 1. The van der Waals surface area contributed by atoms with Crippen LogP contribution < -0.4 is 5.73 Å². The van der Waals surface area contributed by atoms with Crippen LogP contribution in [0.4, 0.5) is 4.39 Å². The van der Waals surface area contributed by atoms with E-state index in [-0.39, 0.29) is 17.7 Å². The lowest BCUT2D eigenvalue weighted by Crippen LogP contribution is -2.43. The van der Waals surface area contributed by atoms with Crippen molar-refractivity contribution in [1.82, 2.24) is 4.90 Å². The molecular weight excluding hydrogens is 387 g/mol. The van der Waals surface area contributed by atoms with Crippen LogP contribution in [-0.2, 0) is 16.9 Å². The Morgan fingerprint density at radius 2 is 1.50 bits per heavy atom. The van der Waals surface area contributed by atoms with Crippen LogP contribution in [0.1, 0.15) is 37.4 Å². The zero-order chi connectivity index (χ0) is 21.5. The molecule has 0 saturated carbocycles. The Kier molecular flexibility index (Phi) is 4.67. The monoisotopic (exact) mass is 404 g/mol. The highest BCUT2D eigenvalue weighted by Crippen LogP contribution is 2.32. The van der Waals surface area contributed by atoms with Gasteiger partial charge in [0.05, 0.1) is 17.7 Å². The molecule has 150 valence electrons. The Morgan fingerprint density at radius 1 is 0.933 bits per heavy atom. The van der Waals surface area contributed by atoms with Gasteiger partial charge in [0.1, 0.15) is 5.82 Å². The zero-order valence-electron chi connectivity index (χ0n) is 15.7. The van der Waals surface area contributed by atoms with Crippen molar-refractivity contribution in [3.8, 4) is 0 Å². The number of hydrogen-bond donors (Lipinski definition) is 2. The van der Waals surface area contributed by atoms with E-state index in [2.05, 4.69) is 0 Å². The van der Waals surface area contributed by atoms with Crippen molar-refractivity contribution in [2.24, 2.45) is 5.73 Å². The molecule has 3 aromatic carbocycles. The third-order valence-corrected chi connectivity index (χ3v) is 5.19. The lowest BCUT2D eigenvalue weighted by molar-refractivity contribution is -0.133. The number of benzene rings is 3. The number of carbonyl (C=O) groups excluding carboxylic acids is 3. The summed E-state index contributed by atoms with van der Waals surface area (Å²) in [6.45, 7) is -0.149. The topological polar surface area (TPSA) is 101 Å². The average molecular weight is 404 g/mol. The van der Waals surface area contributed by atoms with Gasteiger partial charge in [-0.15, -0.1) is 0 Å². The fourth-order valence-corrected chi connectivity index (χ4v) is 3.63. The molecule has 3 aromatic rings. The number of nitrogens with two attached hydrogens (primary N) is 1. The second kappa shape index (κ2) is 7.20. The predicted octanol–water partition coefficient (Wildman–Crippen LogP) is 2.34. The van der Waals surface area contributed by atoms with Crippen LogP contribution in [-0.4, -0.2) is 27.7 Å². The number of amides is 3. The molecule has 0 aromatic heterocycles. The molecular formula is C23H17FN2O4. The standard InChI is InChI=1S/C23H17FN2O4/c24-19-12-14(13-26-20(27)16-8-4-5-9-17(16)21(26)28)10-11-18(19)23(30,22(25)29)15-6-2-1-3-7-15/h1-12,30H,13H2,(H2,25,29). The van der Waals surface area contributed by atoms with Crippen LogP contribution in [0.3, 0.4) is 0 Å². The van der Waals surface area contributed by atoms with Gasteiger partial charge < -0.3 is 10.8 Å². The first-order valence-corrected chi connectivity index (χ1v) is 9.16. The summed E-state index contributed by atoms with van der Waals surface area (Å²) in [7, 11) is 0. The molecule has 0 bridgehead atoms. The predicted molar refractivity (Wildman–Crippen MR) is 106 cm³/mol. The average Bonchev–Trinajstić information content (AvgIpc) is 2.99. The van der Waals surface area contributed by atoms with Crippen LogP contribution in [0.15, 0.2) is 72.8 Å². The Morgan fingerprint density at radius 3 is 2.03 bits per heavy atom. The van der Waals surface area contributed by atoms with Gasteiger partial charge in [-0.25, -0.2) is 4.39 Å². The molecule has 1 aliphatic heterocycles. The molecule has 0 saturated heterocycles. The van der Waals surface area contributed by atoms with Crippen molar-refractivity contribution in [3.05, 3.63) is 106 Å². The molecule has 30 heavy (non-hydrogen) atoms. The number of halogens is 1. The van der Waals surface area contributed by atoms with Gasteiger partial charge in [0.15, 0.2) is 5.60 Å². The van der Waals surface area contributed by atoms with Gasteiger partial charge in [-0.05, 0) is 29.3 Å². The van der Waals surface area contributed by atoms with E-state index in [0.29, 0.717) is 16.7 Å². The molecule has 7 heteroatoms. The number of carbonyl (C=O) groups is 3. The molecule has 1 heterocycles. The largest absolute Gasteiger partial charge is 0.372 e. The number of hydrogen-bond acceptors (Lipinski definition) is 4. The van der Waals surface area contributed by atoms with Gasteiger partial charge in [0, 0.05) is 5.56 Å². The summed E-state index contributed by atoms with van der Waals surface area (Å²) < 4.78 is 15.0. The van der Waals surface area contributed by atoms with E-state index >= 15 is 0 Å². The minimum Gasteiger partial charge on any atom is -0.372 e. The van der Waals surface area contributed by atoms with E-state index in [9.17, 15) is 23.9 Å². The fourth-order valence-electron chi connectivity index (χ4n) is 3.63. The zero-order valence-corrected chi connectivity index (χ0v) is 15.7. The van der Waals surface area contributed by atoms with Crippen LogP contribution >= 0.6 is 0 Å². The lowest BCUT2D eigenvalue weighted by Gasteiger charge is -2.26. The number of primary amides is 1. The summed E-state index contributed by atoms with van der Waals surface area (Å²) >= 11 is 0. The van der Waals surface area contributed by atoms with Crippen molar-refractivity contribution < 1.29 is 23.9 Å². The maximum atomic E-state index is 15.0. The molecule has 1 aliphatic rings. The van der Waals surface area contributed by atoms with Gasteiger partial charge in [-0.2, -0.15) is 0 Å². The molecule has 1 atom stereocenters. The van der Waals surface area contributed by atoms with E-state index in [1.54, 1.807) is 42.5 Å². The van der Waals surface area contributed by atoms with Gasteiger partial charge in [0.2, 0.25) is 0 Å². The summed E-state index contributed by atoms with van der Waals surface area (Å²) in [5.74, 6) is -2.93. The Hall–Kier alpha value is -3.84. The van der Waals surface area contributed by atoms with E-state index < -0.39 is 29.1 Å². The van der Waals surface area contributed by atoms with Crippen molar-refractivity contribution in [2.45, 2.75) is 12.1 Å². The minimum atomic E-state index is -2.36. The molecule has 3 amide bonds. The maximum Gasteiger partial charge on any atom is 0.261 e. The molecule has 0 radical (unpaired) electrons. The first-order chi connectivity index (χ1) is 14.3. The number of fused-ring (bicyclic) bond motifs is 1. The summed E-state index contributed by atoms with van der Waals surface area (Å²) in [4.78, 5) is 38.1. The number of imide groups is 1. The number of rotatable bonds is 5. The van der Waals surface area contributed by atoms with Gasteiger partial charge >= 0.3 is 0 Å². The van der Waals surface area contributed by atoms with Gasteiger partial charge in [0.25, 0.3) is 17.7 Å². The van der Waals surface area contributed by atoms with Crippen LogP contribution in [0.2, 0.25) is 0 Å². The van der Waals surface area contributed by atoms with Gasteiger partial charge in [-0.1, -0.05) is 54.6 Å². The van der Waals surface area contributed by atoms with E-state index in [0.717, 1.165) is 11.0 Å². The second-order valence-corrected chi connectivity index (χ2v) is 7.00. The first-order valence-electron chi connectivity index (χ1n) is 9.16. The highest BCUT2D eigenvalue weighted by atomic mass is 19.1.